The van der Waals surface area contributed by atoms with Gasteiger partial charge in [0, 0.05) is 18.8 Å². The van der Waals surface area contributed by atoms with Gasteiger partial charge in [-0.05, 0) is 42.2 Å². The fourth-order valence-electron chi connectivity index (χ4n) is 2.40. The lowest BCUT2D eigenvalue weighted by Crippen LogP contribution is -2.21. The van der Waals surface area contributed by atoms with Crippen LogP contribution in [0.3, 0.4) is 0 Å². The molecule has 0 radical (unpaired) electrons. The Labute approximate surface area is 136 Å². The van der Waals surface area contributed by atoms with Crippen molar-refractivity contribution >= 4 is 23.2 Å². The predicted octanol–water partition coefficient (Wildman–Crippen LogP) is 5.19. The Morgan fingerprint density at radius 3 is 2.62 bits per heavy atom. The smallest absolute Gasteiger partial charge is 0.0595 e. The Morgan fingerprint density at radius 2 is 1.95 bits per heavy atom. The number of hydrogen-bond donors (Lipinski definition) is 1. The van der Waals surface area contributed by atoms with E-state index in [1.54, 1.807) is 0 Å². The fourth-order valence-corrected chi connectivity index (χ4v) is 2.71. The topological polar surface area (TPSA) is 24.9 Å². The van der Waals surface area contributed by atoms with Crippen LogP contribution in [0.25, 0.3) is 0 Å². The van der Waals surface area contributed by atoms with Crippen molar-refractivity contribution in [2.45, 2.75) is 39.3 Å². The molecule has 0 bridgehead atoms. The summed E-state index contributed by atoms with van der Waals surface area (Å²) in [5, 5.41) is 4.75. The molecule has 0 saturated carbocycles. The highest BCUT2D eigenvalue weighted by Crippen LogP contribution is 2.27. The number of benzene rings is 1. The summed E-state index contributed by atoms with van der Waals surface area (Å²) in [5.74, 6) is 0. The number of rotatable bonds is 6. The van der Waals surface area contributed by atoms with Crippen LogP contribution in [0.2, 0.25) is 10.0 Å². The summed E-state index contributed by atoms with van der Waals surface area (Å²) in [4.78, 5) is 4.47. The molecular weight excluding hydrogens is 303 g/mol. The number of nitrogens with one attached hydrogen (secondary N) is 1. The summed E-state index contributed by atoms with van der Waals surface area (Å²) in [6, 6.07) is 10.2. The van der Waals surface area contributed by atoms with E-state index in [0.717, 1.165) is 30.6 Å². The minimum Gasteiger partial charge on any atom is -0.304 e. The molecule has 21 heavy (non-hydrogen) atoms. The maximum Gasteiger partial charge on any atom is 0.0595 e. The van der Waals surface area contributed by atoms with Crippen LogP contribution in [0.15, 0.2) is 36.5 Å². The first-order chi connectivity index (χ1) is 10.2. The first-order valence-corrected chi connectivity index (χ1v) is 8.02. The van der Waals surface area contributed by atoms with Crippen LogP contribution in [0.1, 0.15) is 43.1 Å². The van der Waals surface area contributed by atoms with E-state index in [9.17, 15) is 0 Å². The van der Waals surface area contributed by atoms with Crippen LogP contribution in [0.4, 0.5) is 0 Å². The minimum atomic E-state index is 0.242. The lowest BCUT2D eigenvalue weighted by atomic mass is 10.0. The summed E-state index contributed by atoms with van der Waals surface area (Å²) in [6.07, 6.45) is 3.82. The molecule has 0 aliphatic rings. The summed E-state index contributed by atoms with van der Waals surface area (Å²) in [7, 11) is 0. The van der Waals surface area contributed by atoms with Crippen LogP contribution < -0.4 is 5.32 Å². The largest absolute Gasteiger partial charge is 0.304 e. The maximum absolute atomic E-state index is 6.11. The van der Waals surface area contributed by atoms with Gasteiger partial charge in [0.05, 0.1) is 15.7 Å². The van der Waals surface area contributed by atoms with Crippen molar-refractivity contribution in [3.05, 3.63) is 63.4 Å². The van der Waals surface area contributed by atoms with E-state index < -0.39 is 0 Å². The third kappa shape index (κ3) is 4.19. The SMILES string of the molecule is CCc1cccnc1CNC(CC)c1ccc(Cl)c(Cl)c1. The Morgan fingerprint density at radius 1 is 1.14 bits per heavy atom. The second-order valence-corrected chi connectivity index (χ2v) is 5.79. The normalized spacial score (nSPS) is 12.4. The maximum atomic E-state index is 6.11. The van der Waals surface area contributed by atoms with Crippen LogP contribution >= 0.6 is 23.2 Å². The van der Waals surface area contributed by atoms with Gasteiger partial charge >= 0.3 is 0 Å². The van der Waals surface area contributed by atoms with Crippen molar-refractivity contribution in [3.8, 4) is 0 Å². The van der Waals surface area contributed by atoms with Crippen molar-refractivity contribution < 1.29 is 0 Å². The van der Waals surface area contributed by atoms with Gasteiger partial charge in [0.1, 0.15) is 0 Å². The molecule has 0 saturated heterocycles. The van der Waals surface area contributed by atoms with Crippen molar-refractivity contribution in [1.29, 1.82) is 0 Å². The monoisotopic (exact) mass is 322 g/mol. The zero-order chi connectivity index (χ0) is 15.2. The summed E-state index contributed by atoms with van der Waals surface area (Å²) in [6.45, 7) is 5.05. The molecule has 1 aromatic carbocycles. The van der Waals surface area contributed by atoms with Crippen molar-refractivity contribution in [3.63, 3.8) is 0 Å². The molecule has 2 nitrogen and oxygen atoms in total. The molecule has 0 aliphatic carbocycles. The first-order valence-electron chi connectivity index (χ1n) is 7.26. The van der Waals surface area contributed by atoms with Gasteiger partial charge in [-0.15, -0.1) is 0 Å². The average molecular weight is 323 g/mol. The van der Waals surface area contributed by atoms with E-state index in [-0.39, 0.29) is 6.04 Å². The Hall–Kier alpha value is -1.09. The minimum absolute atomic E-state index is 0.242. The molecule has 0 aliphatic heterocycles. The zero-order valence-corrected chi connectivity index (χ0v) is 13.9. The molecule has 4 heteroatoms. The summed E-state index contributed by atoms with van der Waals surface area (Å²) >= 11 is 12.1. The van der Waals surface area contributed by atoms with Gasteiger partial charge in [-0.25, -0.2) is 0 Å². The number of pyridine rings is 1. The highest BCUT2D eigenvalue weighted by atomic mass is 35.5. The molecule has 1 N–H and O–H groups in total. The van der Waals surface area contributed by atoms with E-state index in [2.05, 4.69) is 30.2 Å². The second-order valence-electron chi connectivity index (χ2n) is 4.98. The molecular formula is C17H20Cl2N2. The van der Waals surface area contributed by atoms with Crippen LogP contribution in [0.5, 0.6) is 0 Å². The van der Waals surface area contributed by atoms with Gasteiger partial charge in [-0.1, -0.05) is 49.2 Å². The fraction of sp³-hybridized carbons (Fsp3) is 0.353. The molecule has 2 rings (SSSR count). The van der Waals surface area contributed by atoms with Crippen molar-refractivity contribution in [1.82, 2.24) is 10.3 Å². The molecule has 1 atom stereocenters. The van der Waals surface area contributed by atoms with E-state index in [4.69, 9.17) is 23.2 Å². The molecule has 1 heterocycles. The van der Waals surface area contributed by atoms with E-state index in [1.807, 2.05) is 30.5 Å². The van der Waals surface area contributed by atoms with E-state index in [0.29, 0.717) is 10.0 Å². The number of halogens is 2. The number of hydrogen-bond acceptors (Lipinski definition) is 2. The zero-order valence-electron chi connectivity index (χ0n) is 12.4. The quantitative estimate of drug-likeness (QED) is 0.791. The predicted molar refractivity (Wildman–Crippen MR) is 89.9 cm³/mol. The van der Waals surface area contributed by atoms with Crippen molar-refractivity contribution in [2.24, 2.45) is 0 Å². The summed E-state index contributed by atoms with van der Waals surface area (Å²) in [5.41, 5.74) is 3.55. The lowest BCUT2D eigenvalue weighted by Gasteiger charge is -2.18. The van der Waals surface area contributed by atoms with Crippen LogP contribution in [-0.4, -0.2) is 4.98 Å². The van der Waals surface area contributed by atoms with Gasteiger partial charge in [0.15, 0.2) is 0 Å². The Kier molecular flexibility index (Phi) is 6.04. The molecule has 0 amide bonds. The number of aromatic nitrogens is 1. The standard InChI is InChI=1S/C17H20Cl2N2/c1-3-12-6-5-9-20-17(12)11-21-16(4-2)13-7-8-14(18)15(19)10-13/h5-10,16,21H,3-4,11H2,1-2H3. The van der Waals surface area contributed by atoms with Gasteiger partial charge in [0.25, 0.3) is 0 Å². The van der Waals surface area contributed by atoms with Crippen LogP contribution in [-0.2, 0) is 13.0 Å². The first kappa shape index (κ1) is 16.3. The number of nitrogens with zero attached hydrogens (tertiary/aromatic N) is 1. The third-order valence-corrected chi connectivity index (χ3v) is 4.37. The molecule has 0 spiro atoms. The van der Waals surface area contributed by atoms with Gasteiger partial charge in [-0.3, -0.25) is 4.98 Å². The van der Waals surface area contributed by atoms with Crippen molar-refractivity contribution in [2.75, 3.05) is 0 Å². The average Bonchev–Trinajstić information content (AvgIpc) is 2.51. The molecule has 0 fully saturated rings. The second kappa shape index (κ2) is 7.79. The third-order valence-electron chi connectivity index (χ3n) is 3.64. The Bertz CT molecular complexity index is 599. The Balaban J connectivity index is 2.10. The molecule has 112 valence electrons. The van der Waals surface area contributed by atoms with Crippen LogP contribution in [0, 0.1) is 0 Å². The van der Waals surface area contributed by atoms with Gasteiger partial charge < -0.3 is 5.32 Å². The molecule has 2 aromatic rings. The molecule has 1 aromatic heterocycles. The van der Waals surface area contributed by atoms with E-state index in [1.165, 1.54) is 5.56 Å². The lowest BCUT2D eigenvalue weighted by molar-refractivity contribution is 0.512. The van der Waals surface area contributed by atoms with E-state index >= 15 is 0 Å². The van der Waals surface area contributed by atoms with Gasteiger partial charge in [-0.2, -0.15) is 0 Å². The number of aryl methyl sites for hydroxylation is 1. The highest BCUT2D eigenvalue weighted by molar-refractivity contribution is 6.42. The molecule has 1 unspecified atom stereocenters. The highest BCUT2D eigenvalue weighted by Gasteiger charge is 2.11. The van der Waals surface area contributed by atoms with Gasteiger partial charge in [0.2, 0.25) is 0 Å². The summed E-state index contributed by atoms with van der Waals surface area (Å²) < 4.78 is 0.